The average Bonchev–Trinajstić information content (AvgIpc) is 2.72. The monoisotopic (exact) mass is 377 g/mol. The molecule has 0 saturated heterocycles. The fraction of sp³-hybridized carbons (Fsp3) is 0.227. The maximum absolute atomic E-state index is 12.7. The molecule has 0 aliphatic rings. The van der Waals surface area contributed by atoms with Gasteiger partial charge in [0.05, 0.1) is 12.3 Å². The van der Waals surface area contributed by atoms with Gasteiger partial charge < -0.3 is 9.64 Å². The van der Waals surface area contributed by atoms with Crippen molar-refractivity contribution >= 4 is 5.91 Å². The number of rotatable bonds is 7. The molecule has 3 rings (SSSR count). The van der Waals surface area contributed by atoms with Crippen molar-refractivity contribution in [2.24, 2.45) is 0 Å². The summed E-state index contributed by atoms with van der Waals surface area (Å²) in [6.07, 6.45) is 0.649. The molecular weight excluding hydrogens is 354 g/mol. The van der Waals surface area contributed by atoms with Crippen molar-refractivity contribution < 1.29 is 9.53 Å². The van der Waals surface area contributed by atoms with E-state index in [0.29, 0.717) is 25.3 Å². The maximum Gasteiger partial charge on any atom is 0.278 e. The van der Waals surface area contributed by atoms with Gasteiger partial charge in [0.1, 0.15) is 5.75 Å². The number of aromatic nitrogens is 2. The van der Waals surface area contributed by atoms with Crippen molar-refractivity contribution in [3.8, 4) is 11.4 Å². The molecule has 6 nitrogen and oxygen atoms in total. The van der Waals surface area contributed by atoms with Gasteiger partial charge in [-0.05, 0) is 37.6 Å². The maximum atomic E-state index is 12.7. The lowest BCUT2D eigenvalue weighted by Crippen LogP contribution is -2.34. The summed E-state index contributed by atoms with van der Waals surface area (Å²) in [4.78, 5) is 26.6. The lowest BCUT2D eigenvalue weighted by Gasteiger charge is -2.18. The van der Waals surface area contributed by atoms with Crippen LogP contribution in [0.4, 0.5) is 0 Å². The molecule has 1 heterocycles. The van der Waals surface area contributed by atoms with Gasteiger partial charge >= 0.3 is 0 Å². The summed E-state index contributed by atoms with van der Waals surface area (Å²) in [6.45, 7) is 2.74. The van der Waals surface area contributed by atoms with E-state index in [-0.39, 0.29) is 11.1 Å². The molecule has 0 fully saturated rings. The van der Waals surface area contributed by atoms with E-state index in [1.165, 1.54) is 11.0 Å². The lowest BCUT2D eigenvalue weighted by molar-refractivity contribution is 0.0778. The highest BCUT2D eigenvalue weighted by atomic mass is 16.5. The zero-order chi connectivity index (χ0) is 19.9. The SMILES string of the molecule is Cc1cc(=O)c(C(=O)N(C)CCCOc2ccccc2)nn1-c1ccccc1. The first kappa shape index (κ1) is 19.4. The Bertz CT molecular complexity index is 985. The molecule has 0 unspecified atom stereocenters. The zero-order valence-electron chi connectivity index (χ0n) is 16.0. The highest BCUT2D eigenvalue weighted by molar-refractivity contribution is 5.91. The summed E-state index contributed by atoms with van der Waals surface area (Å²) < 4.78 is 7.25. The summed E-state index contributed by atoms with van der Waals surface area (Å²) in [5.74, 6) is 0.400. The minimum absolute atomic E-state index is 0.0825. The number of benzene rings is 2. The molecule has 0 N–H and O–H groups in total. The van der Waals surface area contributed by atoms with E-state index in [4.69, 9.17) is 4.74 Å². The number of nitrogens with zero attached hydrogens (tertiary/aromatic N) is 3. The fourth-order valence-corrected chi connectivity index (χ4v) is 2.82. The van der Waals surface area contributed by atoms with Crippen LogP contribution in [0.5, 0.6) is 5.75 Å². The van der Waals surface area contributed by atoms with E-state index >= 15 is 0 Å². The second kappa shape index (κ2) is 8.99. The highest BCUT2D eigenvalue weighted by Crippen LogP contribution is 2.10. The number of amides is 1. The number of hydrogen-bond acceptors (Lipinski definition) is 4. The first-order valence-electron chi connectivity index (χ1n) is 9.16. The molecule has 0 atom stereocenters. The Kier molecular flexibility index (Phi) is 6.22. The van der Waals surface area contributed by atoms with Crippen LogP contribution in [0.25, 0.3) is 5.69 Å². The molecule has 144 valence electrons. The molecule has 6 heteroatoms. The fourth-order valence-electron chi connectivity index (χ4n) is 2.82. The Morgan fingerprint density at radius 2 is 1.71 bits per heavy atom. The van der Waals surface area contributed by atoms with Crippen LogP contribution in [0.15, 0.2) is 71.5 Å². The number of hydrogen-bond donors (Lipinski definition) is 0. The number of aryl methyl sites for hydroxylation is 1. The van der Waals surface area contributed by atoms with E-state index in [1.54, 1.807) is 18.7 Å². The number of para-hydroxylation sites is 2. The third-order valence-corrected chi connectivity index (χ3v) is 4.31. The predicted octanol–water partition coefficient (Wildman–Crippen LogP) is 3.08. The van der Waals surface area contributed by atoms with Gasteiger partial charge in [-0.2, -0.15) is 5.10 Å². The minimum Gasteiger partial charge on any atom is -0.494 e. The minimum atomic E-state index is -0.394. The topological polar surface area (TPSA) is 64.4 Å². The molecule has 0 saturated carbocycles. The van der Waals surface area contributed by atoms with Gasteiger partial charge in [0.2, 0.25) is 5.43 Å². The molecule has 0 spiro atoms. The predicted molar refractivity (Wildman–Crippen MR) is 108 cm³/mol. The molecule has 3 aromatic rings. The molecule has 0 radical (unpaired) electrons. The summed E-state index contributed by atoms with van der Waals surface area (Å²) in [5, 5.41) is 4.32. The van der Waals surface area contributed by atoms with Crippen molar-refractivity contribution in [1.82, 2.24) is 14.7 Å². The van der Waals surface area contributed by atoms with E-state index in [0.717, 1.165) is 11.4 Å². The van der Waals surface area contributed by atoms with Gasteiger partial charge in [0.15, 0.2) is 5.69 Å². The van der Waals surface area contributed by atoms with Crippen LogP contribution in [0.2, 0.25) is 0 Å². The normalized spacial score (nSPS) is 10.5. The standard InChI is InChI=1S/C22H23N3O3/c1-17-16-20(26)21(23-25(17)18-10-5-3-6-11-18)22(27)24(2)14-9-15-28-19-12-7-4-8-13-19/h3-8,10-13,16H,9,14-15H2,1-2H3. The van der Waals surface area contributed by atoms with E-state index < -0.39 is 5.91 Å². The second-order valence-electron chi connectivity index (χ2n) is 6.49. The van der Waals surface area contributed by atoms with Crippen LogP contribution >= 0.6 is 0 Å². The Balaban J connectivity index is 1.67. The van der Waals surface area contributed by atoms with Crippen LogP contribution in [0.1, 0.15) is 22.6 Å². The Hall–Kier alpha value is -3.41. The second-order valence-corrected chi connectivity index (χ2v) is 6.49. The van der Waals surface area contributed by atoms with Crippen molar-refractivity contribution in [3.63, 3.8) is 0 Å². The van der Waals surface area contributed by atoms with Crippen molar-refractivity contribution in [2.45, 2.75) is 13.3 Å². The van der Waals surface area contributed by atoms with Gasteiger partial charge in [-0.25, -0.2) is 4.68 Å². The molecule has 1 amide bonds. The lowest BCUT2D eigenvalue weighted by atomic mass is 10.2. The first-order valence-corrected chi connectivity index (χ1v) is 9.16. The van der Waals surface area contributed by atoms with E-state index in [1.807, 2.05) is 60.7 Å². The Morgan fingerprint density at radius 3 is 2.39 bits per heavy atom. The van der Waals surface area contributed by atoms with E-state index in [2.05, 4.69) is 5.10 Å². The smallest absolute Gasteiger partial charge is 0.278 e. The summed E-state index contributed by atoms with van der Waals surface area (Å²) in [7, 11) is 1.67. The van der Waals surface area contributed by atoms with Gasteiger partial charge in [0, 0.05) is 25.4 Å². The summed E-state index contributed by atoms with van der Waals surface area (Å²) >= 11 is 0. The average molecular weight is 377 g/mol. The Labute approximate surface area is 164 Å². The van der Waals surface area contributed by atoms with Crippen molar-refractivity contribution in [1.29, 1.82) is 0 Å². The van der Waals surface area contributed by atoms with E-state index in [9.17, 15) is 9.59 Å². The number of ether oxygens (including phenoxy) is 1. The first-order chi connectivity index (χ1) is 13.6. The quantitative estimate of drug-likeness (QED) is 0.594. The van der Waals surface area contributed by atoms with Crippen LogP contribution in [0.3, 0.4) is 0 Å². The molecule has 0 bridgehead atoms. The molecule has 28 heavy (non-hydrogen) atoms. The highest BCUT2D eigenvalue weighted by Gasteiger charge is 2.19. The largest absolute Gasteiger partial charge is 0.494 e. The van der Waals surface area contributed by atoms with Gasteiger partial charge in [-0.15, -0.1) is 0 Å². The van der Waals surface area contributed by atoms with Crippen LogP contribution in [0, 0.1) is 6.92 Å². The number of carbonyl (C=O) groups is 1. The zero-order valence-corrected chi connectivity index (χ0v) is 16.0. The molecule has 0 aliphatic heterocycles. The Morgan fingerprint density at radius 1 is 1.07 bits per heavy atom. The van der Waals surface area contributed by atoms with Gasteiger partial charge in [-0.3, -0.25) is 9.59 Å². The number of carbonyl (C=O) groups excluding carboxylic acids is 1. The van der Waals surface area contributed by atoms with Gasteiger partial charge in [-0.1, -0.05) is 36.4 Å². The third-order valence-electron chi connectivity index (χ3n) is 4.31. The van der Waals surface area contributed by atoms with Crippen LogP contribution in [-0.4, -0.2) is 40.8 Å². The molecule has 0 aliphatic carbocycles. The molecule has 1 aromatic heterocycles. The third kappa shape index (κ3) is 4.65. The summed E-state index contributed by atoms with van der Waals surface area (Å²) in [6, 6.07) is 20.4. The van der Waals surface area contributed by atoms with Crippen LogP contribution in [-0.2, 0) is 0 Å². The summed E-state index contributed by atoms with van der Waals surface area (Å²) in [5.41, 5.74) is 1.02. The molecular formula is C22H23N3O3. The van der Waals surface area contributed by atoms with Crippen molar-refractivity contribution in [3.05, 3.63) is 88.3 Å². The van der Waals surface area contributed by atoms with Crippen LogP contribution < -0.4 is 10.2 Å². The molecule has 2 aromatic carbocycles. The van der Waals surface area contributed by atoms with Gasteiger partial charge in [0.25, 0.3) is 5.91 Å². The van der Waals surface area contributed by atoms with Crippen molar-refractivity contribution in [2.75, 3.05) is 20.2 Å².